The number of hydrogen-bond donors (Lipinski definition) is 1. The highest BCUT2D eigenvalue weighted by molar-refractivity contribution is 5.86. The van der Waals surface area contributed by atoms with E-state index in [0.29, 0.717) is 0 Å². The minimum atomic E-state index is -0.428. The van der Waals surface area contributed by atoms with Gasteiger partial charge in [-0.2, -0.15) is 0 Å². The molecule has 0 unspecified atom stereocenters. The van der Waals surface area contributed by atoms with Crippen LogP contribution < -0.4 is 5.32 Å². The molecule has 1 aliphatic carbocycles. The van der Waals surface area contributed by atoms with Crippen molar-refractivity contribution in [2.45, 2.75) is 18.4 Å². The Morgan fingerprint density at radius 2 is 2.20 bits per heavy atom. The fraction of sp³-hybridized carbons (Fsp3) is 0.500. The van der Waals surface area contributed by atoms with Crippen LogP contribution in [0.3, 0.4) is 0 Å². The minimum absolute atomic E-state index is 0. The van der Waals surface area contributed by atoms with Gasteiger partial charge in [0.25, 0.3) is 0 Å². The van der Waals surface area contributed by atoms with Gasteiger partial charge in [-0.05, 0) is 32.0 Å². The molecule has 2 rings (SSSR count). The van der Waals surface area contributed by atoms with Gasteiger partial charge in [0.2, 0.25) is 5.76 Å². The number of hydrogen-bond acceptors (Lipinski definition) is 4. The average molecular weight is 232 g/mol. The van der Waals surface area contributed by atoms with Gasteiger partial charge in [0.15, 0.2) is 0 Å². The summed E-state index contributed by atoms with van der Waals surface area (Å²) >= 11 is 0. The fourth-order valence-electron chi connectivity index (χ4n) is 1.55. The Morgan fingerprint density at radius 3 is 2.67 bits per heavy atom. The zero-order chi connectivity index (χ0) is 10.2. The van der Waals surface area contributed by atoms with Crippen molar-refractivity contribution in [1.82, 2.24) is 5.32 Å². The number of rotatable bonds is 3. The van der Waals surface area contributed by atoms with Gasteiger partial charge in [-0.3, -0.25) is 0 Å². The number of ether oxygens (including phenoxy) is 1. The monoisotopic (exact) mass is 231 g/mol. The van der Waals surface area contributed by atoms with Gasteiger partial charge in [-0.15, -0.1) is 12.4 Å². The van der Waals surface area contributed by atoms with Crippen LogP contribution in [0.1, 0.15) is 29.2 Å². The average Bonchev–Trinajstić information content (AvgIpc) is 2.87. The molecule has 1 saturated carbocycles. The first kappa shape index (κ1) is 12.1. The molecule has 84 valence electrons. The van der Waals surface area contributed by atoms with Crippen LogP contribution in [-0.2, 0) is 10.3 Å². The van der Waals surface area contributed by atoms with E-state index in [2.05, 4.69) is 10.1 Å². The van der Waals surface area contributed by atoms with Crippen LogP contribution >= 0.6 is 12.4 Å². The van der Waals surface area contributed by atoms with Gasteiger partial charge in [0, 0.05) is 0 Å². The molecule has 0 atom stereocenters. The molecule has 1 aromatic heterocycles. The second-order valence-corrected chi connectivity index (χ2v) is 3.49. The number of esters is 1. The maximum atomic E-state index is 11.1. The summed E-state index contributed by atoms with van der Waals surface area (Å²) in [5, 5.41) is 3.19. The molecule has 15 heavy (non-hydrogen) atoms. The van der Waals surface area contributed by atoms with E-state index in [1.54, 1.807) is 6.07 Å². The number of furan rings is 1. The van der Waals surface area contributed by atoms with Crippen LogP contribution in [0.2, 0.25) is 0 Å². The quantitative estimate of drug-likeness (QED) is 0.805. The van der Waals surface area contributed by atoms with Crippen molar-refractivity contribution >= 4 is 18.4 Å². The Balaban J connectivity index is 0.00000112. The van der Waals surface area contributed by atoms with Gasteiger partial charge >= 0.3 is 5.97 Å². The van der Waals surface area contributed by atoms with E-state index in [4.69, 9.17) is 4.42 Å². The lowest BCUT2D eigenvalue weighted by molar-refractivity contribution is 0.0561. The highest BCUT2D eigenvalue weighted by Crippen LogP contribution is 2.45. The van der Waals surface area contributed by atoms with Crippen molar-refractivity contribution in [3.63, 3.8) is 0 Å². The van der Waals surface area contributed by atoms with E-state index < -0.39 is 5.97 Å². The van der Waals surface area contributed by atoms with Crippen molar-refractivity contribution in [2.24, 2.45) is 0 Å². The third kappa shape index (κ3) is 2.01. The summed E-state index contributed by atoms with van der Waals surface area (Å²) in [7, 11) is 3.24. The standard InChI is InChI=1S/C10H13NO3.ClH/c1-11-10(5-6-10)8-4-3-7(14-8)9(12)13-2;/h3-4,11H,5-6H2,1-2H3;1H. The number of nitrogens with one attached hydrogen (secondary N) is 1. The predicted octanol–water partition coefficient (Wildman–Crippen LogP) is 1.70. The van der Waals surface area contributed by atoms with E-state index in [-0.39, 0.29) is 23.7 Å². The molecular formula is C10H14ClNO3. The second kappa shape index (κ2) is 4.24. The van der Waals surface area contributed by atoms with Gasteiger partial charge in [-0.25, -0.2) is 4.79 Å². The number of carbonyl (C=O) groups excluding carboxylic acids is 1. The van der Waals surface area contributed by atoms with Crippen molar-refractivity contribution in [3.8, 4) is 0 Å². The molecule has 0 radical (unpaired) electrons. The summed E-state index contributed by atoms with van der Waals surface area (Å²) in [4.78, 5) is 11.1. The number of methoxy groups -OCH3 is 1. The first-order valence-electron chi connectivity index (χ1n) is 4.59. The summed E-state index contributed by atoms with van der Waals surface area (Å²) in [5.41, 5.74) is -0.0354. The predicted molar refractivity (Wildman–Crippen MR) is 57.3 cm³/mol. The number of halogens is 1. The van der Waals surface area contributed by atoms with Crippen LogP contribution in [0.25, 0.3) is 0 Å². The third-order valence-electron chi connectivity index (χ3n) is 2.69. The van der Waals surface area contributed by atoms with Gasteiger partial charge < -0.3 is 14.5 Å². The summed E-state index contributed by atoms with van der Waals surface area (Å²) in [6.45, 7) is 0. The molecule has 4 nitrogen and oxygen atoms in total. The fourth-order valence-corrected chi connectivity index (χ4v) is 1.55. The maximum Gasteiger partial charge on any atom is 0.373 e. The molecule has 0 aromatic carbocycles. The first-order chi connectivity index (χ1) is 6.72. The molecule has 1 aromatic rings. The van der Waals surface area contributed by atoms with Crippen LogP contribution in [-0.4, -0.2) is 20.1 Å². The van der Waals surface area contributed by atoms with Crippen LogP contribution in [0.4, 0.5) is 0 Å². The lowest BCUT2D eigenvalue weighted by Crippen LogP contribution is -2.23. The molecule has 0 bridgehead atoms. The van der Waals surface area contributed by atoms with Crippen molar-refractivity contribution < 1.29 is 13.9 Å². The molecule has 0 amide bonds. The Morgan fingerprint density at radius 1 is 1.53 bits per heavy atom. The van der Waals surface area contributed by atoms with E-state index in [1.165, 1.54) is 7.11 Å². The summed E-state index contributed by atoms with van der Waals surface area (Å²) in [6.07, 6.45) is 2.11. The molecule has 1 N–H and O–H groups in total. The molecule has 1 heterocycles. The molecule has 5 heteroatoms. The first-order valence-corrected chi connectivity index (χ1v) is 4.59. The summed E-state index contributed by atoms with van der Waals surface area (Å²) in [5.74, 6) is 0.660. The van der Waals surface area contributed by atoms with E-state index in [1.807, 2.05) is 13.1 Å². The van der Waals surface area contributed by atoms with E-state index >= 15 is 0 Å². The van der Waals surface area contributed by atoms with Crippen LogP contribution in [0.5, 0.6) is 0 Å². The van der Waals surface area contributed by atoms with Gasteiger partial charge in [0.05, 0.1) is 12.6 Å². The zero-order valence-electron chi connectivity index (χ0n) is 8.70. The highest BCUT2D eigenvalue weighted by Gasteiger charge is 2.45. The summed E-state index contributed by atoms with van der Waals surface area (Å²) < 4.78 is 9.98. The summed E-state index contributed by atoms with van der Waals surface area (Å²) in [6, 6.07) is 3.48. The second-order valence-electron chi connectivity index (χ2n) is 3.49. The van der Waals surface area contributed by atoms with Crippen LogP contribution in [0, 0.1) is 0 Å². The zero-order valence-corrected chi connectivity index (χ0v) is 9.52. The highest BCUT2D eigenvalue weighted by atomic mass is 35.5. The molecular weight excluding hydrogens is 218 g/mol. The van der Waals surface area contributed by atoms with Gasteiger partial charge in [-0.1, -0.05) is 0 Å². The Kier molecular flexibility index (Phi) is 3.42. The molecule has 0 spiro atoms. The van der Waals surface area contributed by atoms with Crippen molar-refractivity contribution in [3.05, 3.63) is 23.7 Å². The third-order valence-corrected chi connectivity index (χ3v) is 2.69. The topological polar surface area (TPSA) is 51.5 Å². The lowest BCUT2D eigenvalue weighted by Gasteiger charge is -2.09. The Labute approximate surface area is 94.4 Å². The lowest BCUT2D eigenvalue weighted by atomic mass is 10.2. The van der Waals surface area contributed by atoms with E-state index in [0.717, 1.165) is 18.6 Å². The van der Waals surface area contributed by atoms with Crippen LogP contribution in [0.15, 0.2) is 16.5 Å². The molecule has 1 fully saturated rings. The SMILES string of the molecule is CNC1(c2ccc(C(=O)OC)o2)CC1.Cl. The van der Waals surface area contributed by atoms with Gasteiger partial charge in [0.1, 0.15) is 5.76 Å². The minimum Gasteiger partial charge on any atom is -0.463 e. The van der Waals surface area contributed by atoms with Crippen molar-refractivity contribution in [2.75, 3.05) is 14.2 Å². The Bertz CT molecular complexity index is 357. The molecule has 1 aliphatic rings. The molecule has 0 saturated heterocycles. The van der Waals surface area contributed by atoms with E-state index in [9.17, 15) is 4.79 Å². The largest absolute Gasteiger partial charge is 0.463 e. The van der Waals surface area contributed by atoms with Crippen molar-refractivity contribution in [1.29, 1.82) is 0 Å². The smallest absolute Gasteiger partial charge is 0.373 e. The normalized spacial score (nSPS) is 16.7. The maximum absolute atomic E-state index is 11.1. The molecule has 0 aliphatic heterocycles. The Hall–Kier alpha value is -1.00. The number of carbonyl (C=O) groups is 1.